The van der Waals surface area contributed by atoms with Gasteiger partial charge in [0.25, 0.3) is 5.91 Å². The van der Waals surface area contributed by atoms with Crippen molar-refractivity contribution < 1.29 is 14.6 Å². The second-order valence-corrected chi connectivity index (χ2v) is 6.71. The number of hydrogen-bond acceptors (Lipinski definition) is 4. The molecule has 2 aromatic carbocycles. The van der Waals surface area contributed by atoms with E-state index in [2.05, 4.69) is 5.32 Å². The summed E-state index contributed by atoms with van der Waals surface area (Å²) in [5.41, 5.74) is 1.42. The average Bonchev–Trinajstić information content (AvgIpc) is 3.03. The van der Waals surface area contributed by atoms with Crippen LogP contribution in [0.4, 0.5) is 0 Å². The predicted octanol–water partition coefficient (Wildman–Crippen LogP) is 3.68. The summed E-state index contributed by atoms with van der Waals surface area (Å²) in [6.45, 7) is 2.04. The number of hydrogen-bond donors (Lipinski definition) is 2. The third-order valence-corrected chi connectivity index (χ3v) is 5.12. The van der Waals surface area contributed by atoms with E-state index in [4.69, 9.17) is 4.74 Å². The Morgan fingerprint density at radius 2 is 2.04 bits per heavy atom. The van der Waals surface area contributed by atoms with E-state index in [1.54, 1.807) is 30.6 Å². The van der Waals surface area contributed by atoms with Crippen molar-refractivity contribution in [2.45, 2.75) is 13.0 Å². The molecule has 0 aliphatic rings. The van der Waals surface area contributed by atoms with Gasteiger partial charge >= 0.3 is 0 Å². The van der Waals surface area contributed by atoms with Crippen LogP contribution in [0.25, 0.3) is 10.1 Å². The van der Waals surface area contributed by atoms with E-state index in [0.717, 1.165) is 26.3 Å². The fraction of sp³-hybridized carbons (Fsp3) is 0.211. The van der Waals surface area contributed by atoms with Gasteiger partial charge in [-0.1, -0.05) is 18.2 Å². The molecule has 124 valence electrons. The van der Waals surface area contributed by atoms with Crippen LogP contribution in [0.5, 0.6) is 5.75 Å². The number of thiophene rings is 1. The number of benzene rings is 2. The van der Waals surface area contributed by atoms with Gasteiger partial charge in [-0.2, -0.15) is 0 Å². The summed E-state index contributed by atoms with van der Waals surface area (Å²) in [5.74, 6) is 0.518. The summed E-state index contributed by atoms with van der Waals surface area (Å²) >= 11 is 1.54. The standard InChI is InChI=1S/C19H19NO3S/c1-12-9-14(23-2)7-8-15(12)19(22)20-11-16(21)18-10-13-5-3-4-6-17(13)24-18/h3-10,16,21H,11H2,1-2H3,(H,20,22). The molecule has 2 N–H and O–H groups in total. The fourth-order valence-corrected chi connectivity index (χ4v) is 3.62. The first kappa shape index (κ1) is 16.5. The first-order chi connectivity index (χ1) is 11.6. The molecule has 0 saturated carbocycles. The van der Waals surface area contributed by atoms with Gasteiger partial charge in [-0.25, -0.2) is 0 Å². The van der Waals surface area contributed by atoms with Crippen molar-refractivity contribution in [2.75, 3.05) is 13.7 Å². The van der Waals surface area contributed by atoms with Gasteiger partial charge in [-0.3, -0.25) is 4.79 Å². The molecule has 1 heterocycles. The molecule has 0 spiro atoms. The quantitative estimate of drug-likeness (QED) is 0.744. The van der Waals surface area contributed by atoms with Gasteiger partial charge in [-0.05, 0) is 48.2 Å². The summed E-state index contributed by atoms with van der Waals surface area (Å²) < 4.78 is 6.27. The number of carbonyl (C=O) groups is 1. The Bertz CT molecular complexity index is 839. The van der Waals surface area contributed by atoms with Gasteiger partial charge in [-0.15, -0.1) is 11.3 Å². The third-order valence-electron chi connectivity index (χ3n) is 3.91. The Labute approximate surface area is 144 Å². The Morgan fingerprint density at radius 1 is 1.25 bits per heavy atom. The van der Waals surface area contributed by atoms with Crippen LogP contribution < -0.4 is 10.1 Å². The number of aryl methyl sites for hydroxylation is 1. The largest absolute Gasteiger partial charge is 0.497 e. The highest BCUT2D eigenvalue weighted by Gasteiger charge is 2.15. The van der Waals surface area contributed by atoms with Gasteiger partial charge in [0, 0.05) is 21.7 Å². The predicted molar refractivity (Wildman–Crippen MR) is 96.8 cm³/mol. The average molecular weight is 341 g/mol. The van der Waals surface area contributed by atoms with Crippen LogP contribution in [0.2, 0.25) is 0 Å². The third kappa shape index (κ3) is 3.42. The number of fused-ring (bicyclic) bond motifs is 1. The second-order valence-electron chi connectivity index (χ2n) is 5.59. The number of aliphatic hydroxyl groups is 1. The Morgan fingerprint density at radius 3 is 2.75 bits per heavy atom. The van der Waals surface area contributed by atoms with Crippen LogP contribution in [-0.4, -0.2) is 24.7 Å². The summed E-state index contributed by atoms with van der Waals surface area (Å²) in [6.07, 6.45) is -0.718. The van der Waals surface area contributed by atoms with Gasteiger partial charge in [0.05, 0.1) is 7.11 Å². The minimum absolute atomic E-state index is 0.178. The topological polar surface area (TPSA) is 58.6 Å². The van der Waals surface area contributed by atoms with E-state index >= 15 is 0 Å². The molecule has 1 atom stereocenters. The maximum Gasteiger partial charge on any atom is 0.251 e. The molecule has 3 aromatic rings. The molecule has 0 fully saturated rings. The van der Waals surface area contributed by atoms with Gasteiger partial charge in [0.1, 0.15) is 11.9 Å². The molecular weight excluding hydrogens is 322 g/mol. The number of nitrogens with one attached hydrogen (secondary N) is 1. The number of ether oxygens (including phenoxy) is 1. The molecule has 0 radical (unpaired) electrons. The molecule has 1 amide bonds. The number of amides is 1. The molecule has 24 heavy (non-hydrogen) atoms. The zero-order chi connectivity index (χ0) is 17.1. The molecule has 4 nitrogen and oxygen atoms in total. The van der Waals surface area contributed by atoms with Crippen molar-refractivity contribution in [3.63, 3.8) is 0 Å². The number of carbonyl (C=O) groups excluding carboxylic acids is 1. The minimum Gasteiger partial charge on any atom is -0.497 e. The van der Waals surface area contributed by atoms with Gasteiger partial charge in [0.2, 0.25) is 0 Å². The summed E-state index contributed by atoms with van der Waals surface area (Å²) in [5, 5.41) is 14.2. The van der Waals surface area contributed by atoms with Crippen molar-refractivity contribution in [3.05, 3.63) is 64.5 Å². The lowest BCUT2D eigenvalue weighted by Crippen LogP contribution is -2.28. The Kier molecular flexibility index (Phi) is 4.83. The first-order valence-corrected chi connectivity index (χ1v) is 8.49. The number of methoxy groups -OCH3 is 1. The second kappa shape index (κ2) is 7.03. The van der Waals surface area contributed by atoms with Gasteiger partial charge in [0.15, 0.2) is 0 Å². The molecule has 3 rings (SSSR count). The maximum absolute atomic E-state index is 12.3. The highest BCUT2D eigenvalue weighted by Crippen LogP contribution is 2.29. The van der Waals surface area contributed by atoms with Crippen molar-refractivity contribution in [3.8, 4) is 5.75 Å². The lowest BCUT2D eigenvalue weighted by molar-refractivity contribution is 0.0917. The Balaban J connectivity index is 1.67. The van der Waals surface area contributed by atoms with Crippen molar-refractivity contribution in [2.24, 2.45) is 0 Å². The molecule has 0 bridgehead atoms. The van der Waals surface area contributed by atoms with Crippen LogP contribution in [0.1, 0.15) is 26.9 Å². The molecule has 0 aliphatic heterocycles. The normalized spacial score (nSPS) is 12.1. The van der Waals surface area contributed by atoms with Crippen molar-refractivity contribution in [1.82, 2.24) is 5.32 Å². The van der Waals surface area contributed by atoms with Crippen molar-refractivity contribution >= 4 is 27.3 Å². The van der Waals surface area contributed by atoms with E-state index in [1.807, 2.05) is 43.3 Å². The van der Waals surface area contributed by atoms with Crippen LogP contribution in [0.15, 0.2) is 48.5 Å². The highest BCUT2D eigenvalue weighted by atomic mass is 32.1. The molecule has 5 heteroatoms. The minimum atomic E-state index is -0.718. The summed E-state index contributed by atoms with van der Waals surface area (Å²) in [4.78, 5) is 13.2. The molecule has 1 unspecified atom stereocenters. The van der Waals surface area contributed by atoms with Crippen molar-refractivity contribution in [1.29, 1.82) is 0 Å². The molecule has 1 aromatic heterocycles. The van der Waals surface area contributed by atoms with E-state index < -0.39 is 6.10 Å². The van der Waals surface area contributed by atoms with Crippen LogP contribution in [0.3, 0.4) is 0 Å². The number of rotatable bonds is 5. The highest BCUT2D eigenvalue weighted by molar-refractivity contribution is 7.19. The van der Waals surface area contributed by atoms with E-state index in [1.165, 1.54) is 0 Å². The van der Waals surface area contributed by atoms with Crippen LogP contribution >= 0.6 is 11.3 Å². The van der Waals surface area contributed by atoms with E-state index in [-0.39, 0.29) is 12.5 Å². The van der Waals surface area contributed by atoms with Gasteiger partial charge < -0.3 is 15.2 Å². The maximum atomic E-state index is 12.3. The lowest BCUT2D eigenvalue weighted by Gasteiger charge is -2.12. The number of aliphatic hydroxyl groups excluding tert-OH is 1. The van der Waals surface area contributed by atoms with E-state index in [9.17, 15) is 9.90 Å². The Hall–Kier alpha value is -2.37. The van der Waals surface area contributed by atoms with Crippen LogP contribution in [0, 0.1) is 6.92 Å². The van der Waals surface area contributed by atoms with Crippen LogP contribution in [-0.2, 0) is 0 Å². The lowest BCUT2D eigenvalue weighted by atomic mass is 10.1. The SMILES string of the molecule is COc1ccc(C(=O)NCC(O)c2cc3ccccc3s2)c(C)c1. The molecule has 0 aliphatic carbocycles. The molecule has 0 saturated heterocycles. The smallest absolute Gasteiger partial charge is 0.251 e. The first-order valence-electron chi connectivity index (χ1n) is 7.68. The molecular formula is C19H19NO3S. The van der Waals surface area contributed by atoms with E-state index in [0.29, 0.717) is 5.56 Å². The zero-order valence-corrected chi connectivity index (χ0v) is 14.4. The fourth-order valence-electron chi connectivity index (χ4n) is 2.57. The summed E-state index contributed by atoms with van der Waals surface area (Å²) in [7, 11) is 1.59. The zero-order valence-electron chi connectivity index (χ0n) is 13.6. The monoisotopic (exact) mass is 341 g/mol. The summed E-state index contributed by atoms with van der Waals surface area (Å²) in [6, 6.07) is 15.3.